The first-order chi connectivity index (χ1) is 17.4. The van der Waals surface area contributed by atoms with Gasteiger partial charge in [-0.2, -0.15) is 0 Å². The Morgan fingerprint density at radius 3 is 2.58 bits per heavy atom. The third-order valence-corrected chi connectivity index (χ3v) is 8.53. The van der Waals surface area contributed by atoms with E-state index in [9.17, 15) is 14.7 Å². The van der Waals surface area contributed by atoms with Crippen LogP contribution in [-0.2, 0) is 20.7 Å². The molecule has 196 valence electrons. The van der Waals surface area contributed by atoms with Crippen LogP contribution < -0.4 is 4.90 Å². The maximum Gasteiger partial charge on any atom is 0.414 e. The molecule has 0 saturated heterocycles. The fourth-order valence-electron chi connectivity index (χ4n) is 6.64. The van der Waals surface area contributed by atoms with E-state index in [1.807, 2.05) is 13.0 Å². The number of hydrogen-bond acceptors (Lipinski definition) is 5. The Labute approximate surface area is 213 Å². The topological polar surface area (TPSA) is 93.9 Å². The first kappa shape index (κ1) is 25.1. The van der Waals surface area contributed by atoms with Crippen LogP contribution in [0, 0.1) is 5.92 Å². The third kappa shape index (κ3) is 4.60. The van der Waals surface area contributed by atoms with Crippen molar-refractivity contribution in [2.24, 2.45) is 5.92 Å². The summed E-state index contributed by atoms with van der Waals surface area (Å²) >= 11 is 0. The molecule has 36 heavy (non-hydrogen) atoms. The number of methoxy groups -OCH3 is 1. The minimum Gasteiger partial charge on any atom is -0.481 e. The maximum absolute atomic E-state index is 12.6. The lowest BCUT2D eigenvalue weighted by molar-refractivity contribution is -0.143. The number of amides is 1. The molecule has 2 heterocycles. The predicted octanol–water partition coefficient (Wildman–Crippen LogP) is 6.17. The van der Waals surface area contributed by atoms with Crippen LogP contribution in [0.3, 0.4) is 0 Å². The van der Waals surface area contributed by atoms with Crippen LogP contribution in [0.2, 0.25) is 0 Å². The van der Waals surface area contributed by atoms with E-state index < -0.39 is 5.97 Å². The predicted molar refractivity (Wildman–Crippen MR) is 137 cm³/mol. The van der Waals surface area contributed by atoms with E-state index in [0.717, 1.165) is 73.1 Å². The van der Waals surface area contributed by atoms with Crippen molar-refractivity contribution in [3.63, 3.8) is 0 Å². The van der Waals surface area contributed by atoms with Crippen molar-refractivity contribution in [1.29, 1.82) is 0 Å². The standard InChI is InChI=1S/C28H39N3O5/c1-17-12-13-22-23(30(17)28(34)35-3)14-15-24-25(22)29-26(18(2)36-21-10-5-4-6-11-21)31(24)20-9-7-8-19(16-20)27(32)33/h14-15,17-21H,4-13,16H2,1-3H3,(H,32,33)/t17-,18?,19+,20+/m0/s1. The van der Waals surface area contributed by atoms with Crippen LogP contribution in [0.25, 0.3) is 11.0 Å². The summed E-state index contributed by atoms with van der Waals surface area (Å²) in [6, 6.07) is 4.17. The van der Waals surface area contributed by atoms with E-state index in [1.54, 1.807) is 4.90 Å². The van der Waals surface area contributed by atoms with E-state index in [4.69, 9.17) is 14.5 Å². The van der Waals surface area contributed by atoms with Gasteiger partial charge in [0.25, 0.3) is 0 Å². The Kier molecular flexibility index (Phi) is 7.24. The van der Waals surface area contributed by atoms with Gasteiger partial charge in [-0.25, -0.2) is 9.78 Å². The van der Waals surface area contributed by atoms with E-state index >= 15 is 0 Å². The Hall–Kier alpha value is -2.61. The molecule has 2 aliphatic carbocycles. The highest BCUT2D eigenvalue weighted by Gasteiger charge is 2.35. The van der Waals surface area contributed by atoms with Gasteiger partial charge in [-0.1, -0.05) is 25.7 Å². The van der Waals surface area contributed by atoms with Crippen molar-refractivity contribution in [2.75, 3.05) is 12.0 Å². The molecule has 2 saturated carbocycles. The second kappa shape index (κ2) is 10.4. The molecule has 4 atom stereocenters. The molecule has 5 rings (SSSR count). The SMILES string of the molecule is COC(=O)N1c2ccc3c(nc(C(C)OC4CCCCC4)n3[C@@H]3CCC[C@@H](C(=O)O)C3)c2CC[C@@H]1C. The van der Waals surface area contributed by atoms with E-state index in [1.165, 1.54) is 26.4 Å². The van der Waals surface area contributed by atoms with Crippen molar-refractivity contribution in [3.05, 3.63) is 23.5 Å². The minimum atomic E-state index is -0.711. The van der Waals surface area contributed by atoms with E-state index in [2.05, 4.69) is 17.6 Å². The van der Waals surface area contributed by atoms with Gasteiger partial charge in [0.15, 0.2) is 0 Å². The van der Waals surface area contributed by atoms with Crippen LogP contribution in [0.4, 0.5) is 10.5 Å². The highest BCUT2D eigenvalue weighted by Crippen LogP contribution is 2.42. The molecule has 2 fully saturated rings. The number of carboxylic acids is 1. The molecule has 3 aliphatic rings. The Bertz CT molecular complexity index is 1120. The van der Waals surface area contributed by atoms with Crippen LogP contribution >= 0.6 is 0 Å². The molecule has 8 heteroatoms. The zero-order valence-electron chi connectivity index (χ0n) is 21.7. The second-order valence-electron chi connectivity index (χ2n) is 10.9. The number of aromatic nitrogens is 2. The number of aliphatic carboxylic acids is 1. The summed E-state index contributed by atoms with van der Waals surface area (Å²) in [5, 5.41) is 9.75. The largest absolute Gasteiger partial charge is 0.481 e. The van der Waals surface area contributed by atoms with Gasteiger partial charge in [0.2, 0.25) is 0 Å². The molecule has 1 aromatic carbocycles. The highest BCUT2D eigenvalue weighted by atomic mass is 16.5. The van der Waals surface area contributed by atoms with Gasteiger partial charge in [0.1, 0.15) is 11.9 Å². The van der Waals surface area contributed by atoms with E-state index in [0.29, 0.717) is 6.42 Å². The molecule has 1 amide bonds. The van der Waals surface area contributed by atoms with Gasteiger partial charge in [-0.05, 0) is 70.9 Å². The van der Waals surface area contributed by atoms with Gasteiger partial charge >= 0.3 is 12.1 Å². The summed E-state index contributed by atoms with van der Waals surface area (Å²) in [5.41, 5.74) is 3.83. The normalized spacial score (nSPS) is 26.0. The molecule has 1 aromatic heterocycles. The number of aryl methyl sites for hydroxylation is 1. The Balaban J connectivity index is 1.60. The monoisotopic (exact) mass is 497 g/mol. The average molecular weight is 498 g/mol. The molecule has 1 unspecified atom stereocenters. The number of carbonyl (C=O) groups is 2. The number of carboxylic acid groups (broad SMARTS) is 1. The number of imidazole rings is 1. The summed E-state index contributed by atoms with van der Waals surface area (Å²) in [7, 11) is 1.42. The molecule has 8 nitrogen and oxygen atoms in total. The highest BCUT2D eigenvalue weighted by molar-refractivity contribution is 5.95. The number of fused-ring (bicyclic) bond motifs is 3. The number of ether oxygens (including phenoxy) is 2. The zero-order valence-corrected chi connectivity index (χ0v) is 21.7. The molecule has 1 N–H and O–H groups in total. The van der Waals surface area contributed by atoms with Gasteiger partial charge in [0, 0.05) is 17.6 Å². The second-order valence-corrected chi connectivity index (χ2v) is 10.9. The summed E-state index contributed by atoms with van der Waals surface area (Å²) in [4.78, 5) is 31.4. The number of carbonyl (C=O) groups excluding carboxylic acids is 1. The molecular formula is C28H39N3O5. The summed E-state index contributed by atoms with van der Waals surface area (Å²) in [6.45, 7) is 4.13. The van der Waals surface area contributed by atoms with Crippen LogP contribution in [0.1, 0.15) is 102 Å². The summed E-state index contributed by atoms with van der Waals surface area (Å²) in [6.07, 6.45) is 10.3. The van der Waals surface area contributed by atoms with Gasteiger partial charge < -0.3 is 19.1 Å². The number of benzene rings is 1. The lowest BCUT2D eigenvalue weighted by atomic mass is 9.85. The van der Waals surface area contributed by atoms with Gasteiger partial charge in [0.05, 0.1) is 35.9 Å². The lowest BCUT2D eigenvalue weighted by Crippen LogP contribution is -2.42. The zero-order chi connectivity index (χ0) is 25.4. The van der Waals surface area contributed by atoms with Crippen LogP contribution in [0.5, 0.6) is 0 Å². The molecule has 0 radical (unpaired) electrons. The lowest BCUT2D eigenvalue weighted by Gasteiger charge is -2.34. The van der Waals surface area contributed by atoms with Crippen LogP contribution in [0.15, 0.2) is 12.1 Å². The molecule has 0 bridgehead atoms. The van der Waals surface area contributed by atoms with Crippen molar-refractivity contribution in [3.8, 4) is 0 Å². The van der Waals surface area contributed by atoms with Crippen molar-refractivity contribution >= 4 is 28.8 Å². The van der Waals surface area contributed by atoms with Crippen LogP contribution in [-0.4, -0.2) is 46.0 Å². The third-order valence-electron chi connectivity index (χ3n) is 8.53. The summed E-state index contributed by atoms with van der Waals surface area (Å²) in [5.74, 6) is -0.169. The molecule has 1 aliphatic heterocycles. The molecule has 2 aromatic rings. The Morgan fingerprint density at radius 2 is 1.86 bits per heavy atom. The number of rotatable bonds is 5. The number of nitrogens with zero attached hydrogens (tertiary/aromatic N) is 3. The maximum atomic E-state index is 12.6. The average Bonchev–Trinajstić information content (AvgIpc) is 3.29. The van der Waals surface area contributed by atoms with Crippen molar-refractivity contribution in [1.82, 2.24) is 9.55 Å². The summed E-state index contributed by atoms with van der Waals surface area (Å²) < 4.78 is 13.9. The number of hydrogen-bond donors (Lipinski definition) is 1. The van der Waals surface area contributed by atoms with Crippen molar-refractivity contribution in [2.45, 2.75) is 109 Å². The Morgan fingerprint density at radius 1 is 1.08 bits per heavy atom. The van der Waals surface area contributed by atoms with E-state index in [-0.39, 0.29) is 36.3 Å². The van der Waals surface area contributed by atoms with Gasteiger partial charge in [-0.3, -0.25) is 9.69 Å². The van der Waals surface area contributed by atoms with Gasteiger partial charge in [-0.15, -0.1) is 0 Å². The van der Waals surface area contributed by atoms with Crippen molar-refractivity contribution < 1.29 is 24.2 Å². The molecule has 0 spiro atoms. The fraction of sp³-hybridized carbons (Fsp3) is 0.679. The fourth-order valence-corrected chi connectivity index (χ4v) is 6.64. The minimum absolute atomic E-state index is 0.0483. The number of anilines is 1. The smallest absolute Gasteiger partial charge is 0.414 e. The molecular weight excluding hydrogens is 458 g/mol. The first-order valence-electron chi connectivity index (χ1n) is 13.7. The first-order valence-corrected chi connectivity index (χ1v) is 13.7. The quantitative estimate of drug-likeness (QED) is 0.531.